The van der Waals surface area contributed by atoms with E-state index in [4.69, 9.17) is 0 Å². The summed E-state index contributed by atoms with van der Waals surface area (Å²) >= 11 is 0. The molecule has 0 radical (unpaired) electrons. The largest absolute Gasteiger partial charge is 0.316 e. The number of nitrogens with one attached hydrogen (secondary N) is 1. The zero-order valence-corrected chi connectivity index (χ0v) is 12.5. The summed E-state index contributed by atoms with van der Waals surface area (Å²) < 4.78 is 0. The van der Waals surface area contributed by atoms with Crippen LogP contribution in [0, 0.1) is 5.41 Å². The fraction of sp³-hybridized carbons (Fsp3) is 0.647. The average molecular weight is 260 g/mol. The van der Waals surface area contributed by atoms with Gasteiger partial charge < -0.3 is 10.2 Å². The Kier molecular flexibility index (Phi) is 5.41. The number of likely N-dealkylation sites (N-methyl/N-ethyl adjacent to an activating group) is 1. The molecule has 0 spiro atoms. The molecular formula is C17H28N2. The molecule has 1 aliphatic heterocycles. The molecule has 2 nitrogen and oxygen atoms in total. The molecule has 1 aliphatic rings. The maximum absolute atomic E-state index is 3.55. The summed E-state index contributed by atoms with van der Waals surface area (Å²) in [6, 6.07) is 10.8. The van der Waals surface area contributed by atoms with E-state index < -0.39 is 0 Å². The first kappa shape index (κ1) is 14.5. The molecule has 106 valence electrons. The van der Waals surface area contributed by atoms with Gasteiger partial charge in [0, 0.05) is 19.6 Å². The van der Waals surface area contributed by atoms with Crippen molar-refractivity contribution in [2.24, 2.45) is 5.41 Å². The van der Waals surface area contributed by atoms with Gasteiger partial charge in [-0.15, -0.1) is 0 Å². The van der Waals surface area contributed by atoms with E-state index in [-0.39, 0.29) is 0 Å². The van der Waals surface area contributed by atoms with Crippen molar-refractivity contribution in [3.05, 3.63) is 35.9 Å². The monoisotopic (exact) mass is 260 g/mol. The second-order valence-electron chi connectivity index (χ2n) is 6.15. The molecule has 0 amide bonds. The first-order chi connectivity index (χ1) is 9.24. The van der Waals surface area contributed by atoms with Crippen molar-refractivity contribution in [1.82, 2.24) is 10.2 Å². The van der Waals surface area contributed by atoms with Crippen LogP contribution in [0.1, 0.15) is 31.7 Å². The van der Waals surface area contributed by atoms with Gasteiger partial charge in [0.15, 0.2) is 0 Å². The van der Waals surface area contributed by atoms with Crippen LogP contribution in [0.2, 0.25) is 0 Å². The predicted octanol–water partition coefficient (Wildman–Crippen LogP) is 2.94. The SMILES string of the molecule is CCCC1(CN(C)CCc2ccccc2)CCNC1. The van der Waals surface area contributed by atoms with Crippen LogP contribution in [0.3, 0.4) is 0 Å². The van der Waals surface area contributed by atoms with E-state index in [9.17, 15) is 0 Å². The molecule has 1 unspecified atom stereocenters. The summed E-state index contributed by atoms with van der Waals surface area (Å²) in [7, 11) is 2.28. The van der Waals surface area contributed by atoms with E-state index >= 15 is 0 Å². The normalized spacial score (nSPS) is 23.1. The summed E-state index contributed by atoms with van der Waals surface area (Å²) in [5, 5.41) is 3.55. The van der Waals surface area contributed by atoms with Crippen molar-refractivity contribution in [3.8, 4) is 0 Å². The average Bonchev–Trinajstić information content (AvgIpc) is 2.86. The van der Waals surface area contributed by atoms with Gasteiger partial charge in [0.25, 0.3) is 0 Å². The van der Waals surface area contributed by atoms with Gasteiger partial charge in [0.1, 0.15) is 0 Å². The molecule has 1 saturated heterocycles. The number of hydrogen-bond acceptors (Lipinski definition) is 2. The molecule has 2 heteroatoms. The highest BCUT2D eigenvalue weighted by Crippen LogP contribution is 2.31. The molecule has 2 rings (SSSR count). The van der Waals surface area contributed by atoms with E-state index in [1.54, 1.807) is 0 Å². The molecule has 0 bridgehead atoms. The number of benzene rings is 1. The molecular weight excluding hydrogens is 232 g/mol. The van der Waals surface area contributed by atoms with Crippen LogP contribution in [0.25, 0.3) is 0 Å². The van der Waals surface area contributed by atoms with E-state index in [0.717, 1.165) is 13.0 Å². The highest BCUT2D eigenvalue weighted by molar-refractivity contribution is 5.14. The van der Waals surface area contributed by atoms with E-state index in [2.05, 4.69) is 54.5 Å². The molecule has 0 aromatic heterocycles. The smallest absolute Gasteiger partial charge is 0.00477 e. The van der Waals surface area contributed by atoms with Crippen LogP contribution in [-0.4, -0.2) is 38.1 Å². The summed E-state index contributed by atoms with van der Waals surface area (Å²) in [6.07, 6.45) is 5.16. The summed E-state index contributed by atoms with van der Waals surface area (Å²) in [5.74, 6) is 0. The van der Waals surface area contributed by atoms with Gasteiger partial charge in [-0.2, -0.15) is 0 Å². The minimum absolute atomic E-state index is 0.528. The Bertz CT molecular complexity index is 355. The van der Waals surface area contributed by atoms with Gasteiger partial charge in [-0.3, -0.25) is 0 Å². The lowest BCUT2D eigenvalue weighted by molar-refractivity contribution is 0.179. The quantitative estimate of drug-likeness (QED) is 0.811. The molecule has 1 atom stereocenters. The Labute approximate surface area is 118 Å². The lowest BCUT2D eigenvalue weighted by Crippen LogP contribution is -2.38. The molecule has 0 saturated carbocycles. The minimum atomic E-state index is 0.528. The third-order valence-corrected chi connectivity index (χ3v) is 4.34. The second-order valence-corrected chi connectivity index (χ2v) is 6.15. The maximum Gasteiger partial charge on any atom is 0.00477 e. The summed E-state index contributed by atoms with van der Waals surface area (Å²) in [4.78, 5) is 2.52. The summed E-state index contributed by atoms with van der Waals surface area (Å²) in [5.41, 5.74) is 1.98. The van der Waals surface area contributed by atoms with Gasteiger partial charge in [-0.1, -0.05) is 43.7 Å². The van der Waals surface area contributed by atoms with Crippen molar-refractivity contribution in [2.45, 2.75) is 32.6 Å². The van der Waals surface area contributed by atoms with Crippen molar-refractivity contribution in [1.29, 1.82) is 0 Å². The third kappa shape index (κ3) is 4.32. The first-order valence-electron chi connectivity index (χ1n) is 7.67. The molecule has 1 heterocycles. The Balaban J connectivity index is 1.81. The number of rotatable bonds is 7. The van der Waals surface area contributed by atoms with Crippen molar-refractivity contribution >= 4 is 0 Å². The topological polar surface area (TPSA) is 15.3 Å². The van der Waals surface area contributed by atoms with Crippen LogP contribution in [0.5, 0.6) is 0 Å². The zero-order valence-electron chi connectivity index (χ0n) is 12.5. The van der Waals surface area contributed by atoms with Gasteiger partial charge in [-0.25, -0.2) is 0 Å². The molecule has 1 N–H and O–H groups in total. The fourth-order valence-corrected chi connectivity index (χ4v) is 3.37. The molecule has 1 aromatic rings. The number of hydrogen-bond donors (Lipinski definition) is 1. The lowest BCUT2D eigenvalue weighted by atomic mass is 9.82. The predicted molar refractivity (Wildman–Crippen MR) is 82.5 cm³/mol. The molecule has 19 heavy (non-hydrogen) atoms. The Morgan fingerprint density at radius 2 is 2.05 bits per heavy atom. The Morgan fingerprint density at radius 1 is 1.26 bits per heavy atom. The Hall–Kier alpha value is -0.860. The van der Waals surface area contributed by atoms with Crippen LogP contribution in [0.15, 0.2) is 30.3 Å². The van der Waals surface area contributed by atoms with Gasteiger partial charge in [0.2, 0.25) is 0 Å². The van der Waals surface area contributed by atoms with Crippen LogP contribution in [0.4, 0.5) is 0 Å². The van der Waals surface area contributed by atoms with Gasteiger partial charge in [-0.05, 0) is 43.8 Å². The third-order valence-electron chi connectivity index (χ3n) is 4.34. The Morgan fingerprint density at radius 3 is 2.68 bits per heavy atom. The fourth-order valence-electron chi connectivity index (χ4n) is 3.37. The maximum atomic E-state index is 3.55. The van der Waals surface area contributed by atoms with E-state index in [1.807, 2.05) is 0 Å². The first-order valence-corrected chi connectivity index (χ1v) is 7.67. The van der Waals surface area contributed by atoms with Crippen molar-refractivity contribution in [3.63, 3.8) is 0 Å². The van der Waals surface area contributed by atoms with Crippen LogP contribution < -0.4 is 5.32 Å². The highest BCUT2D eigenvalue weighted by Gasteiger charge is 2.33. The summed E-state index contributed by atoms with van der Waals surface area (Å²) in [6.45, 7) is 7.11. The standard InChI is InChI=1S/C17H28N2/c1-3-10-17(11-12-18-14-17)15-19(2)13-9-16-7-5-4-6-8-16/h4-8,18H,3,9-15H2,1-2H3. The van der Waals surface area contributed by atoms with E-state index in [0.29, 0.717) is 5.41 Å². The van der Waals surface area contributed by atoms with Gasteiger partial charge >= 0.3 is 0 Å². The molecule has 1 aromatic carbocycles. The molecule has 1 fully saturated rings. The second kappa shape index (κ2) is 7.06. The molecule has 0 aliphatic carbocycles. The zero-order chi connectivity index (χ0) is 13.6. The van der Waals surface area contributed by atoms with Crippen LogP contribution in [-0.2, 0) is 6.42 Å². The minimum Gasteiger partial charge on any atom is -0.316 e. The number of nitrogens with zero attached hydrogens (tertiary/aromatic N) is 1. The lowest BCUT2D eigenvalue weighted by Gasteiger charge is -2.33. The van der Waals surface area contributed by atoms with Crippen molar-refractivity contribution < 1.29 is 0 Å². The van der Waals surface area contributed by atoms with E-state index in [1.165, 1.54) is 44.5 Å². The highest BCUT2D eigenvalue weighted by atomic mass is 15.1. The van der Waals surface area contributed by atoms with Gasteiger partial charge in [0.05, 0.1) is 0 Å². The van der Waals surface area contributed by atoms with Crippen LogP contribution >= 0.6 is 0 Å². The van der Waals surface area contributed by atoms with Crippen molar-refractivity contribution in [2.75, 3.05) is 33.2 Å².